The predicted molar refractivity (Wildman–Crippen MR) is 86.4 cm³/mol. The molecule has 2 rings (SSSR count). The van der Waals surface area contributed by atoms with Crippen molar-refractivity contribution in [3.63, 3.8) is 0 Å². The van der Waals surface area contributed by atoms with E-state index in [1.807, 2.05) is 75.3 Å². The number of ether oxygens (including phenoxy) is 1. The van der Waals surface area contributed by atoms with Gasteiger partial charge in [0.15, 0.2) is 5.78 Å². The Morgan fingerprint density at radius 1 is 1.00 bits per heavy atom. The second-order valence-electron chi connectivity index (χ2n) is 5.47. The van der Waals surface area contributed by atoms with Crippen LogP contribution in [0.25, 0.3) is 0 Å². The maximum atomic E-state index is 12.6. The van der Waals surface area contributed by atoms with E-state index in [0.29, 0.717) is 11.1 Å². The van der Waals surface area contributed by atoms with Gasteiger partial charge in [-0.05, 0) is 38.1 Å². The van der Waals surface area contributed by atoms with Crippen molar-refractivity contribution in [1.29, 1.82) is 0 Å². The molecule has 0 saturated carbocycles. The van der Waals surface area contributed by atoms with Crippen LogP contribution in [0.15, 0.2) is 48.5 Å². The van der Waals surface area contributed by atoms with Crippen molar-refractivity contribution in [3.8, 4) is 5.75 Å². The standard InChI is InChI=1S/C18H21NO2/c1-13(2)21-17-10-6-8-15(12-17)18(20)14-7-5-9-16(11-14)19(3)4/h5-13H,1-4H3. The van der Waals surface area contributed by atoms with Gasteiger partial charge in [0, 0.05) is 30.9 Å². The van der Waals surface area contributed by atoms with Gasteiger partial charge in [-0.3, -0.25) is 4.79 Å². The Balaban J connectivity index is 2.29. The summed E-state index contributed by atoms with van der Waals surface area (Å²) < 4.78 is 5.64. The number of carbonyl (C=O) groups is 1. The van der Waals surface area contributed by atoms with E-state index in [-0.39, 0.29) is 11.9 Å². The van der Waals surface area contributed by atoms with Crippen molar-refractivity contribution in [2.24, 2.45) is 0 Å². The van der Waals surface area contributed by atoms with Crippen LogP contribution in [0, 0.1) is 0 Å². The van der Waals surface area contributed by atoms with Gasteiger partial charge in [-0.1, -0.05) is 24.3 Å². The SMILES string of the molecule is CC(C)Oc1cccc(C(=O)c2cccc(N(C)C)c2)c1. The predicted octanol–water partition coefficient (Wildman–Crippen LogP) is 3.77. The molecular weight excluding hydrogens is 262 g/mol. The molecule has 2 aromatic rings. The number of nitrogens with zero attached hydrogens (tertiary/aromatic N) is 1. The molecule has 21 heavy (non-hydrogen) atoms. The summed E-state index contributed by atoms with van der Waals surface area (Å²) in [6.07, 6.45) is 0.0902. The summed E-state index contributed by atoms with van der Waals surface area (Å²) >= 11 is 0. The first-order valence-electron chi connectivity index (χ1n) is 7.06. The van der Waals surface area contributed by atoms with Gasteiger partial charge in [0.05, 0.1) is 6.10 Å². The summed E-state index contributed by atoms with van der Waals surface area (Å²) in [6, 6.07) is 15.0. The summed E-state index contributed by atoms with van der Waals surface area (Å²) in [5.74, 6) is 0.729. The minimum absolute atomic E-state index is 0.00732. The summed E-state index contributed by atoms with van der Waals surface area (Å²) in [7, 11) is 3.92. The van der Waals surface area contributed by atoms with Crippen LogP contribution < -0.4 is 9.64 Å². The molecule has 0 unspecified atom stereocenters. The first kappa shape index (κ1) is 15.1. The molecule has 0 fully saturated rings. The van der Waals surface area contributed by atoms with Gasteiger partial charge in [-0.15, -0.1) is 0 Å². The summed E-state index contributed by atoms with van der Waals surface area (Å²) in [5.41, 5.74) is 2.34. The third kappa shape index (κ3) is 3.85. The van der Waals surface area contributed by atoms with Gasteiger partial charge >= 0.3 is 0 Å². The van der Waals surface area contributed by atoms with Crippen molar-refractivity contribution in [2.75, 3.05) is 19.0 Å². The lowest BCUT2D eigenvalue weighted by atomic mass is 10.0. The zero-order chi connectivity index (χ0) is 15.4. The fourth-order valence-electron chi connectivity index (χ4n) is 2.07. The number of hydrogen-bond acceptors (Lipinski definition) is 3. The van der Waals surface area contributed by atoms with Gasteiger partial charge in [0.25, 0.3) is 0 Å². The number of carbonyl (C=O) groups excluding carboxylic acids is 1. The third-order valence-corrected chi connectivity index (χ3v) is 3.09. The van der Waals surface area contributed by atoms with Crippen molar-refractivity contribution in [2.45, 2.75) is 20.0 Å². The molecule has 3 heteroatoms. The highest BCUT2D eigenvalue weighted by Crippen LogP contribution is 2.20. The van der Waals surface area contributed by atoms with Crippen LogP contribution in [0.5, 0.6) is 5.75 Å². The molecule has 0 atom stereocenters. The maximum absolute atomic E-state index is 12.6. The number of benzene rings is 2. The van der Waals surface area contributed by atoms with Gasteiger partial charge < -0.3 is 9.64 Å². The molecule has 0 saturated heterocycles. The van der Waals surface area contributed by atoms with E-state index in [9.17, 15) is 4.79 Å². The van der Waals surface area contributed by atoms with E-state index in [2.05, 4.69) is 0 Å². The molecule has 0 aliphatic rings. The van der Waals surface area contributed by atoms with Gasteiger partial charge in [-0.25, -0.2) is 0 Å². The van der Waals surface area contributed by atoms with E-state index in [0.717, 1.165) is 11.4 Å². The minimum Gasteiger partial charge on any atom is -0.491 e. The van der Waals surface area contributed by atoms with Crippen LogP contribution >= 0.6 is 0 Å². The van der Waals surface area contributed by atoms with Crippen LogP contribution in [0.1, 0.15) is 29.8 Å². The summed E-state index contributed by atoms with van der Waals surface area (Å²) in [4.78, 5) is 14.6. The van der Waals surface area contributed by atoms with Crippen LogP contribution in [0.3, 0.4) is 0 Å². The average Bonchev–Trinajstić information content (AvgIpc) is 2.46. The van der Waals surface area contributed by atoms with Crippen LogP contribution in [0.4, 0.5) is 5.69 Å². The molecule has 0 aliphatic carbocycles. The lowest BCUT2D eigenvalue weighted by Crippen LogP contribution is -2.10. The lowest BCUT2D eigenvalue weighted by molar-refractivity contribution is 0.103. The number of ketones is 1. The second kappa shape index (κ2) is 6.44. The van der Waals surface area contributed by atoms with Gasteiger partial charge in [-0.2, -0.15) is 0 Å². The van der Waals surface area contributed by atoms with E-state index in [1.165, 1.54) is 0 Å². The van der Waals surface area contributed by atoms with E-state index in [1.54, 1.807) is 6.07 Å². The zero-order valence-corrected chi connectivity index (χ0v) is 13.0. The zero-order valence-electron chi connectivity index (χ0n) is 13.0. The van der Waals surface area contributed by atoms with Crippen molar-refractivity contribution >= 4 is 11.5 Å². The first-order valence-corrected chi connectivity index (χ1v) is 7.06. The molecule has 0 radical (unpaired) electrons. The molecule has 0 heterocycles. The Hall–Kier alpha value is -2.29. The van der Waals surface area contributed by atoms with Crippen LogP contribution in [0.2, 0.25) is 0 Å². The smallest absolute Gasteiger partial charge is 0.193 e. The molecule has 0 spiro atoms. The Kier molecular flexibility index (Phi) is 4.63. The summed E-state index contributed by atoms with van der Waals surface area (Å²) in [6.45, 7) is 3.93. The maximum Gasteiger partial charge on any atom is 0.193 e. The highest BCUT2D eigenvalue weighted by atomic mass is 16.5. The van der Waals surface area contributed by atoms with E-state index < -0.39 is 0 Å². The second-order valence-corrected chi connectivity index (χ2v) is 5.47. The highest BCUT2D eigenvalue weighted by Gasteiger charge is 2.11. The Labute approximate surface area is 126 Å². The minimum atomic E-state index is 0.00732. The molecule has 0 amide bonds. The fraction of sp³-hybridized carbons (Fsp3) is 0.278. The van der Waals surface area contributed by atoms with E-state index >= 15 is 0 Å². The largest absolute Gasteiger partial charge is 0.491 e. The summed E-state index contributed by atoms with van der Waals surface area (Å²) in [5, 5.41) is 0. The quantitative estimate of drug-likeness (QED) is 0.782. The molecule has 3 nitrogen and oxygen atoms in total. The fourth-order valence-corrected chi connectivity index (χ4v) is 2.07. The molecule has 2 aromatic carbocycles. The molecule has 0 N–H and O–H groups in total. The van der Waals surface area contributed by atoms with Crippen molar-refractivity contribution < 1.29 is 9.53 Å². The molecule has 0 bridgehead atoms. The van der Waals surface area contributed by atoms with Gasteiger partial charge in [0.1, 0.15) is 5.75 Å². The van der Waals surface area contributed by atoms with Gasteiger partial charge in [0.2, 0.25) is 0 Å². The number of rotatable bonds is 5. The van der Waals surface area contributed by atoms with Crippen LogP contribution in [-0.4, -0.2) is 26.0 Å². The van der Waals surface area contributed by atoms with E-state index in [4.69, 9.17) is 4.74 Å². The molecule has 0 aromatic heterocycles. The first-order chi connectivity index (χ1) is 9.97. The molecule has 0 aliphatic heterocycles. The Bertz CT molecular complexity index is 633. The molecule has 110 valence electrons. The van der Waals surface area contributed by atoms with Crippen molar-refractivity contribution in [1.82, 2.24) is 0 Å². The number of anilines is 1. The highest BCUT2D eigenvalue weighted by molar-refractivity contribution is 6.09. The van der Waals surface area contributed by atoms with Crippen molar-refractivity contribution in [3.05, 3.63) is 59.7 Å². The normalized spacial score (nSPS) is 10.5. The average molecular weight is 283 g/mol. The third-order valence-electron chi connectivity index (χ3n) is 3.09. The number of hydrogen-bond donors (Lipinski definition) is 0. The Morgan fingerprint density at radius 2 is 1.62 bits per heavy atom. The topological polar surface area (TPSA) is 29.5 Å². The lowest BCUT2D eigenvalue weighted by Gasteiger charge is -2.14. The molecular formula is C18H21NO2. The van der Waals surface area contributed by atoms with Crippen LogP contribution in [-0.2, 0) is 0 Å². The monoisotopic (exact) mass is 283 g/mol. The Morgan fingerprint density at radius 3 is 2.24 bits per heavy atom.